The lowest BCUT2D eigenvalue weighted by Gasteiger charge is -2.07. The Morgan fingerprint density at radius 3 is 2.00 bits per heavy atom. The van der Waals surface area contributed by atoms with Crippen molar-refractivity contribution in [3.8, 4) is 0 Å². The predicted octanol–water partition coefficient (Wildman–Crippen LogP) is -1.08. The molecule has 0 aliphatic rings. The summed E-state index contributed by atoms with van der Waals surface area (Å²) in [4.78, 5) is 0. The first-order valence-electron chi connectivity index (χ1n) is 2.47. The maximum Gasteiger partial charge on any atom is 0.0795 e. The van der Waals surface area contributed by atoms with Crippen LogP contribution in [0.25, 0.3) is 0 Å². The molecule has 0 amide bonds. The molecule has 0 rings (SSSR count). The average molecular weight is 119 g/mol. The standard InChI is InChI=1S/C5H11O3/c1-4(7)2-5(8)3-6/h4-8H,1-3H2. The van der Waals surface area contributed by atoms with Gasteiger partial charge in [0.15, 0.2) is 0 Å². The fourth-order valence-corrected chi connectivity index (χ4v) is 0.389. The molecule has 0 aliphatic heterocycles. The minimum atomic E-state index is -0.831. The molecule has 0 saturated carbocycles. The molecule has 3 nitrogen and oxygen atoms in total. The van der Waals surface area contributed by atoms with Gasteiger partial charge in [0, 0.05) is 6.42 Å². The molecule has 0 aromatic carbocycles. The molecule has 0 fully saturated rings. The van der Waals surface area contributed by atoms with Crippen LogP contribution >= 0.6 is 0 Å². The molecule has 1 radical (unpaired) electrons. The van der Waals surface area contributed by atoms with Gasteiger partial charge >= 0.3 is 0 Å². The number of rotatable bonds is 3. The first-order valence-corrected chi connectivity index (χ1v) is 2.47. The first kappa shape index (κ1) is 7.88. The van der Waals surface area contributed by atoms with Crippen molar-refractivity contribution in [3.05, 3.63) is 6.92 Å². The summed E-state index contributed by atoms with van der Waals surface area (Å²) in [6, 6.07) is 0. The van der Waals surface area contributed by atoms with Crippen LogP contribution in [0.5, 0.6) is 0 Å². The van der Waals surface area contributed by atoms with Crippen LogP contribution in [0.1, 0.15) is 6.42 Å². The maximum atomic E-state index is 8.58. The van der Waals surface area contributed by atoms with E-state index >= 15 is 0 Å². The third-order valence-corrected chi connectivity index (χ3v) is 0.755. The molecule has 8 heavy (non-hydrogen) atoms. The van der Waals surface area contributed by atoms with E-state index in [0.717, 1.165) is 0 Å². The van der Waals surface area contributed by atoms with Crippen LogP contribution in [0.3, 0.4) is 0 Å². The van der Waals surface area contributed by atoms with Crippen molar-refractivity contribution in [1.29, 1.82) is 0 Å². The topological polar surface area (TPSA) is 60.7 Å². The fourth-order valence-electron chi connectivity index (χ4n) is 0.389. The minimum Gasteiger partial charge on any atom is -0.394 e. The minimum absolute atomic E-state index is 0.135. The van der Waals surface area contributed by atoms with E-state index in [2.05, 4.69) is 6.92 Å². The second-order valence-electron chi connectivity index (χ2n) is 1.73. The van der Waals surface area contributed by atoms with Crippen molar-refractivity contribution >= 4 is 0 Å². The zero-order valence-electron chi connectivity index (χ0n) is 4.62. The lowest BCUT2D eigenvalue weighted by atomic mass is 10.2. The van der Waals surface area contributed by atoms with E-state index in [1.54, 1.807) is 0 Å². The molecule has 49 valence electrons. The van der Waals surface area contributed by atoms with Gasteiger partial charge in [0.1, 0.15) is 0 Å². The van der Waals surface area contributed by atoms with Crippen LogP contribution in [0.4, 0.5) is 0 Å². The molecule has 3 N–H and O–H groups in total. The Morgan fingerprint density at radius 1 is 1.38 bits per heavy atom. The fraction of sp³-hybridized carbons (Fsp3) is 0.800. The van der Waals surface area contributed by atoms with Gasteiger partial charge in [-0.3, -0.25) is 0 Å². The molecule has 2 unspecified atom stereocenters. The molecular formula is C5H11O3. The van der Waals surface area contributed by atoms with Gasteiger partial charge in [0.25, 0.3) is 0 Å². The predicted molar refractivity (Wildman–Crippen MR) is 29.1 cm³/mol. The van der Waals surface area contributed by atoms with Crippen LogP contribution in [-0.4, -0.2) is 34.1 Å². The van der Waals surface area contributed by atoms with Gasteiger partial charge < -0.3 is 15.3 Å². The second kappa shape index (κ2) is 3.83. The highest BCUT2D eigenvalue weighted by Crippen LogP contribution is 1.94. The molecule has 0 saturated heterocycles. The van der Waals surface area contributed by atoms with E-state index in [1.165, 1.54) is 0 Å². The summed E-state index contributed by atoms with van der Waals surface area (Å²) in [5.74, 6) is 0. The molecule has 0 aromatic heterocycles. The number of hydrogen-bond acceptors (Lipinski definition) is 3. The molecule has 3 heteroatoms. The third kappa shape index (κ3) is 4.05. The van der Waals surface area contributed by atoms with E-state index in [9.17, 15) is 0 Å². The van der Waals surface area contributed by atoms with E-state index in [0.29, 0.717) is 0 Å². The summed E-state index contributed by atoms with van der Waals surface area (Å²) < 4.78 is 0. The molecule has 2 atom stereocenters. The van der Waals surface area contributed by atoms with Crippen molar-refractivity contribution in [2.24, 2.45) is 0 Å². The van der Waals surface area contributed by atoms with E-state index in [-0.39, 0.29) is 13.0 Å². The third-order valence-electron chi connectivity index (χ3n) is 0.755. The Bertz CT molecular complexity index is 53.6. The summed E-state index contributed by atoms with van der Waals surface area (Å²) in [6.45, 7) is 2.90. The molecule has 0 heterocycles. The van der Waals surface area contributed by atoms with Gasteiger partial charge in [0.05, 0.1) is 18.8 Å². The van der Waals surface area contributed by atoms with E-state index in [1.807, 2.05) is 0 Å². The largest absolute Gasteiger partial charge is 0.394 e. The number of aliphatic hydroxyl groups is 3. The molecule has 0 bridgehead atoms. The normalized spacial score (nSPS) is 18.0. The van der Waals surface area contributed by atoms with Gasteiger partial charge in [-0.25, -0.2) is 0 Å². The van der Waals surface area contributed by atoms with Gasteiger partial charge in [-0.1, -0.05) is 0 Å². The summed E-state index contributed by atoms with van der Waals surface area (Å²) in [5, 5.41) is 25.2. The quantitative estimate of drug-likeness (QED) is 0.443. The maximum absolute atomic E-state index is 8.58. The van der Waals surface area contributed by atoms with Crippen LogP contribution in [0.15, 0.2) is 0 Å². The van der Waals surface area contributed by atoms with Crippen molar-refractivity contribution in [1.82, 2.24) is 0 Å². The van der Waals surface area contributed by atoms with Crippen LogP contribution in [0, 0.1) is 6.92 Å². The Labute approximate surface area is 48.6 Å². The van der Waals surface area contributed by atoms with E-state index < -0.39 is 12.2 Å². The Balaban J connectivity index is 3.10. The monoisotopic (exact) mass is 119 g/mol. The lowest BCUT2D eigenvalue weighted by molar-refractivity contribution is 0.0550. The van der Waals surface area contributed by atoms with Crippen LogP contribution in [0.2, 0.25) is 0 Å². The first-order chi connectivity index (χ1) is 3.66. The van der Waals surface area contributed by atoms with Gasteiger partial charge in [-0.05, 0) is 6.92 Å². The summed E-state index contributed by atoms with van der Waals surface area (Å²) >= 11 is 0. The second-order valence-corrected chi connectivity index (χ2v) is 1.73. The molecule has 0 aliphatic carbocycles. The van der Waals surface area contributed by atoms with Crippen LogP contribution in [-0.2, 0) is 0 Å². The van der Waals surface area contributed by atoms with Gasteiger partial charge in [-0.2, -0.15) is 0 Å². The highest BCUT2D eigenvalue weighted by Gasteiger charge is 2.04. The Hall–Kier alpha value is -0.120. The SMILES string of the molecule is [CH2]C(O)CC(O)CO. The summed E-state index contributed by atoms with van der Waals surface area (Å²) in [7, 11) is 0. The summed E-state index contributed by atoms with van der Waals surface area (Å²) in [6.07, 6.45) is -1.48. The van der Waals surface area contributed by atoms with Crippen molar-refractivity contribution in [2.75, 3.05) is 6.61 Å². The molecule has 0 spiro atoms. The Morgan fingerprint density at radius 2 is 1.88 bits per heavy atom. The van der Waals surface area contributed by atoms with E-state index in [4.69, 9.17) is 15.3 Å². The summed E-state index contributed by atoms with van der Waals surface area (Å²) in [5.41, 5.74) is 0. The lowest BCUT2D eigenvalue weighted by Crippen LogP contribution is -2.18. The Kier molecular flexibility index (Phi) is 3.77. The number of aliphatic hydroxyl groups excluding tert-OH is 3. The molecular weight excluding hydrogens is 108 g/mol. The number of hydrogen-bond donors (Lipinski definition) is 3. The highest BCUT2D eigenvalue weighted by atomic mass is 16.3. The van der Waals surface area contributed by atoms with Crippen molar-refractivity contribution in [3.63, 3.8) is 0 Å². The van der Waals surface area contributed by atoms with Crippen LogP contribution < -0.4 is 0 Å². The van der Waals surface area contributed by atoms with Gasteiger partial charge in [-0.15, -0.1) is 0 Å². The average Bonchev–Trinajstić information content (AvgIpc) is 1.65. The zero-order chi connectivity index (χ0) is 6.57. The smallest absolute Gasteiger partial charge is 0.0795 e. The zero-order valence-corrected chi connectivity index (χ0v) is 4.62. The van der Waals surface area contributed by atoms with Crippen molar-refractivity contribution < 1.29 is 15.3 Å². The molecule has 0 aromatic rings. The highest BCUT2D eigenvalue weighted by molar-refractivity contribution is 4.62. The van der Waals surface area contributed by atoms with Crippen molar-refractivity contribution in [2.45, 2.75) is 18.6 Å². The van der Waals surface area contributed by atoms with Gasteiger partial charge in [0.2, 0.25) is 0 Å².